The first-order valence-corrected chi connectivity index (χ1v) is 9.07. The van der Waals surface area contributed by atoms with Crippen LogP contribution in [0.1, 0.15) is 15.9 Å². The van der Waals surface area contributed by atoms with Gasteiger partial charge in [-0.1, -0.05) is 6.07 Å². The summed E-state index contributed by atoms with van der Waals surface area (Å²) in [6.07, 6.45) is -5.64. The van der Waals surface area contributed by atoms with Crippen molar-refractivity contribution in [1.29, 1.82) is 0 Å². The van der Waals surface area contributed by atoms with E-state index < -0.39 is 23.7 Å². The highest BCUT2D eigenvalue weighted by atomic mass is 19.4. The molecule has 10 heteroatoms. The zero-order chi connectivity index (χ0) is 21.7. The van der Waals surface area contributed by atoms with Gasteiger partial charge in [-0.2, -0.15) is 13.2 Å². The monoisotopic (exact) mass is 423 g/mol. The fourth-order valence-corrected chi connectivity index (χ4v) is 2.97. The first kappa shape index (κ1) is 21.4. The van der Waals surface area contributed by atoms with Gasteiger partial charge in [-0.25, -0.2) is 4.79 Å². The maximum atomic E-state index is 13.2. The molecule has 2 aromatic carbocycles. The Hall–Kier alpha value is -3.27. The molecule has 0 aromatic heterocycles. The highest BCUT2D eigenvalue weighted by molar-refractivity contribution is 6.05. The molecular weight excluding hydrogens is 403 g/mol. The molecule has 0 bridgehead atoms. The van der Waals surface area contributed by atoms with Crippen LogP contribution in [0, 0.1) is 0 Å². The van der Waals surface area contributed by atoms with Crippen LogP contribution in [0.15, 0.2) is 42.5 Å². The molecule has 2 N–H and O–H groups in total. The van der Waals surface area contributed by atoms with E-state index in [1.165, 1.54) is 0 Å². The number of anilines is 3. The number of carbonyl (C=O) groups excluding carboxylic acids is 2. The lowest BCUT2D eigenvalue weighted by Gasteiger charge is -2.29. The quantitative estimate of drug-likeness (QED) is 0.778. The number of halogens is 3. The summed E-state index contributed by atoms with van der Waals surface area (Å²) in [4.78, 5) is 26.1. The normalized spacial score (nSPS) is 14.2. The lowest BCUT2D eigenvalue weighted by molar-refractivity contribution is -0.137. The first-order valence-electron chi connectivity index (χ1n) is 9.07. The van der Waals surface area contributed by atoms with Crippen molar-refractivity contribution in [2.45, 2.75) is 6.18 Å². The fraction of sp³-hybridized carbons (Fsp3) is 0.300. The standard InChI is InChI=1S/C20H20F3N3O4/c1-29-19(28)25-16-10-13(9-14(11-16)20(21,22)23)18(27)24-15-3-2-4-17(12-15)26-5-7-30-8-6-26/h2-4,9-12H,5-8H2,1H3,(H,24,27)(H,25,28). The molecule has 0 atom stereocenters. The predicted molar refractivity (Wildman–Crippen MR) is 105 cm³/mol. The summed E-state index contributed by atoms with van der Waals surface area (Å²) in [7, 11) is 1.08. The molecule has 0 saturated carbocycles. The summed E-state index contributed by atoms with van der Waals surface area (Å²) in [6, 6.07) is 9.61. The molecule has 1 aliphatic heterocycles. The molecule has 0 radical (unpaired) electrons. The zero-order valence-electron chi connectivity index (χ0n) is 16.1. The van der Waals surface area contributed by atoms with Crippen LogP contribution in [0.4, 0.5) is 35.0 Å². The summed E-state index contributed by atoms with van der Waals surface area (Å²) >= 11 is 0. The van der Waals surface area contributed by atoms with E-state index in [-0.39, 0.29) is 11.3 Å². The van der Waals surface area contributed by atoms with Crippen molar-refractivity contribution < 1.29 is 32.2 Å². The minimum atomic E-state index is -4.70. The number of hydrogen-bond donors (Lipinski definition) is 2. The van der Waals surface area contributed by atoms with E-state index in [1.54, 1.807) is 18.2 Å². The predicted octanol–water partition coefficient (Wildman–Crippen LogP) is 3.97. The Morgan fingerprint density at radius 3 is 2.43 bits per heavy atom. The molecule has 7 nitrogen and oxygen atoms in total. The van der Waals surface area contributed by atoms with Crippen molar-refractivity contribution in [3.05, 3.63) is 53.6 Å². The third-order valence-electron chi connectivity index (χ3n) is 4.43. The molecule has 1 heterocycles. The second kappa shape index (κ2) is 9.04. The van der Waals surface area contributed by atoms with Crippen molar-refractivity contribution >= 4 is 29.1 Å². The molecule has 3 rings (SSSR count). The minimum Gasteiger partial charge on any atom is -0.453 e. The summed E-state index contributed by atoms with van der Waals surface area (Å²) in [6.45, 7) is 2.59. The summed E-state index contributed by atoms with van der Waals surface area (Å²) in [5.74, 6) is -0.742. The number of nitrogens with zero attached hydrogens (tertiary/aromatic N) is 1. The van der Waals surface area contributed by atoms with Gasteiger partial charge in [0.2, 0.25) is 0 Å². The van der Waals surface area contributed by atoms with Gasteiger partial charge in [0.15, 0.2) is 0 Å². The van der Waals surface area contributed by atoms with E-state index in [9.17, 15) is 22.8 Å². The van der Waals surface area contributed by atoms with Gasteiger partial charge in [-0.05, 0) is 36.4 Å². The SMILES string of the molecule is COC(=O)Nc1cc(C(=O)Nc2cccc(N3CCOCC3)c2)cc(C(F)(F)F)c1. The van der Waals surface area contributed by atoms with E-state index >= 15 is 0 Å². The Kier molecular flexibility index (Phi) is 6.46. The van der Waals surface area contributed by atoms with Gasteiger partial charge in [0.05, 0.1) is 25.9 Å². The number of methoxy groups -OCH3 is 1. The van der Waals surface area contributed by atoms with Crippen LogP contribution in [0.2, 0.25) is 0 Å². The minimum absolute atomic E-state index is 0.205. The number of benzene rings is 2. The second-order valence-corrected chi connectivity index (χ2v) is 6.52. The average Bonchev–Trinajstić information content (AvgIpc) is 2.73. The van der Waals surface area contributed by atoms with Gasteiger partial charge in [0.25, 0.3) is 5.91 Å². The molecule has 30 heavy (non-hydrogen) atoms. The van der Waals surface area contributed by atoms with E-state index in [1.807, 2.05) is 6.07 Å². The Balaban J connectivity index is 1.83. The molecule has 2 amide bonds. The van der Waals surface area contributed by atoms with Gasteiger partial charge >= 0.3 is 12.3 Å². The van der Waals surface area contributed by atoms with Crippen LogP contribution in [0.5, 0.6) is 0 Å². The van der Waals surface area contributed by atoms with Crippen LogP contribution in [-0.2, 0) is 15.7 Å². The number of nitrogens with one attached hydrogen (secondary N) is 2. The zero-order valence-corrected chi connectivity index (χ0v) is 16.1. The Labute approximate surface area is 170 Å². The number of alkyl halides is 3. The lowest BCUT2D eigenvalue weighted by atomic mass is 10.1. The molecule has 0 unspecified atom stereocenters. The molecule has 2 aromatic rings. The molecule has 0 spiro atoms. The van der Waals surface area contributed by atoms with Crippen molar-refractivity contribution in [3.63, 3.8) is 0 Å². The molecule has 1 saturated heterocycles. The number of hydrogen-bond acceptors (Lipinski definition) is 5. The summed E-state index contributed by atoms with van der Waals surface area (Å²) < 4.78 is 49.4. The number of ether oxygens (including phenoxy) is 2. The van der Waals surface area contributed by atoms with Gasteiger partial charge in [-0.3, -0.25) is 10.1 Å². The number of morpholine rings is 1. The topological polar surface area (TPSA) is 79.9 Å². The van der Waals surface area contributed by atoms with Crippen molar-refractivity contribution in [1.82, 2.24) is 0 Å². The Bertz CT molecular complexity index is 928. The van der Waals surface area contributed by atoms with Crippen LogP contribution in [-0.4, -0.2) is 45.4 Å². The smallest absolute Gasteiger partial charge is 0.416 e. The van der Waals surface area contributed by atoms with E-state index in [4.69, 9.17) is 4.74 Å². The summed E-state index contributed by atoms with van der Waals surface area (Å²) in [5, 5.41) is 4.76. The third-order valence-corrected chi connectivity index (χ3v) is 4.43. The second-order valence-electron chi connectivity index (χ2n) is 6.52. The van der Waals surface area contributed by atoms with Crippen LogP contribution >= 0.6 is 0 Å². The third kappa shape index (κ3) is 5.41. The van der Waals surface area contributed by atoms with Gasteiger partial charge in [0, 0.05) is 35.7 Å². The molecule has 1 fully saturated rings. The fourth-order valence-electron chi connectivity index (χ4n) is 2.97. The van der Waals surface area contributed by atoms with Crippen LogP contribution < -0.4 is 15.5 Å². The highest BCUT2D eigenvalue weighted by Gasteiger charge is 2.32. The largest absolute Gasteiger partial charge is 0.453 e. The molecule has 1 aliphatic rings. The highest BCUT2D eigenvalue weighted by Crippen LogP contribution is 2.32. The Morgan fingerprint density at radius 1 is 1.03 bits per heavy atom. The van der Waals surface area contributed by atoms with Crippen LogP contribution in [0.25, 0.3) is 0 Å². The summed E-state index contributed by atoms with van der Waals surface area (Å²) in [5.41, 5.74) is -0.224. The number of carbonyl (C=O) groups is 2. The maximum Gasteiger partial charge on any atom is 0.416 e. The van der Waals surface area contributed by atoms with Crippen LogP contribution in [0.3, 0.4) is 0 Å². The van der Waals surface area contributed by atoms with E-state index in [0.29, 0.717) is 32.0 Å². The Morgan fingerprint density at radius 2 is 1.77 bits per heavy atom. The van der Waals surface area contributed by atoms with Gasteiger partial charge < -0.3 is 19.7 Å². The number of rotatable bonds is 4. The lowest BCUT2D eigenvalue weighted by Crippen LogP contribution is -2.36. The van der Waals surface area contributed by atoms with Crippen molar-refractivity contribution in [2.75, 3.05) is 48.9 Å². The first-order chi connectivity index (χ1) is 14.3. The molecule has 160 valence electrons. The number of amides is 2. The molecular formula is C20H20F3N3O4. The van der Waals surface area contributed by atoms with Crippen molar-refractivity contribution in [3.8, 4) is 0 Å². The van der Waals surface area contributed by atoms with E-state index in [0.717, 1.165) is 31.0 Å². The maximum absolute atomic E-state index is 13.2. The van der Waals surface area contributed by atoms with Gasteiger partial charge in [-0.15, -0.1) is 0 Å². The average molecular weight is 423 g/mol. The van der Waals surface area contributed by atoms with Crippen molar-refractivity contribution in [2.24, 2.45) is 0 Å². The van der Waals surface area contributed by atoms with E-state index in [2.05, 4.69) is 20.3 Å². The van der Waals surface area contributed by atoms with Gasteiger partial charge in [0.1, 0.15) is 0 Å². The molecule has 0 aliphatic carbocycles.